The van der Waals surface area contributed by atoms with Crippen LogP contribution in [0.5, 0.6) is 0 Å². The predicted molar refractivity (Wildman–Crippen MR) is 118 cm³/mol. The van der Waals surface area contributed by atoms with Crippen LogP contribution < -0.4 is 10.2 Å². The van der Waals surface area contributed by atoms with Gasteiger partial charge in [-0.3, -0.25) is 9.59 Å². The van der Waals surface area contributed by atoms with Gasteiger partial charge in [-0.25, -0.2) is 0 Å². The van der Waals surface area contributed by atoms with Crippen molar-refractivity contribution in [2.75, 3.05) is 24.5 Å². The molecule has 4 rings (SSSR count). The second kappa shape index (κ2) is 9.75. The third kappa shape index (κ3) is 5.30. The van der Waals surface area contributed by atoms with Crippen molar-refractivity contribution in [2.45, 2.75) is 19.3 Å². The fourth-order valence-electron chi connectivity index (χ4n) is 3.67. The highest BCUT2D eigenvalue weighted by atomic mass is 35.5. The number of aromatic nitrogens is 2. The lowest BCUT2D eigenvalue weighted by molar-refractivity contribution is -0.125. The van der Waals surface area contributed by atoms with Crippen LogP contribution in [0.25, 0.3) is 11.4 Å². The van der Waals surface area contributed by atoms with E-state index in [1.807, 2.05) is 36.4 Å². The van der Waals surface area contributed by atoms with Gasteiger partial charge >= 0.3 is 0 Å². The Morgan fingerprint density at radius 2 is 1.84 bits per heavy atom. The zero-order valence-corrected chi connectivity index (χ0v) is 17.7. The minimum absolute atomic E-state index is 0.00203. The van der Waals surface area contributed by atoms with E-state index >= 15 is 0 Å². The van der Waals surface area contributed by atoms with Gasteiger partial charge in [0.2, 0.25) is 17.6 Å². The van der Waals surface area contributed by atoms with Crippen molar-refractivity contribution in [3.8, 4) is 11.4 Å². The Labute approximate surface area is 185 Å². The molecule has 0 aliphatic carbocycles. The Bertz CT molecular complexity index is 1030. The lowest BCUT2D eigenvalue weighted by Crippen LogP contribution is -2.41. The third-order valence-electron chi connectivity index (χ3n) is 5.47. The van der Waals surface area contributed by atoms with Gasteiger partial charge in [0.25, 0.3) is 0 Å². The molecule has 0 radical (unpaired) electrons. The Morgan fingerprint density at radius 1 is 1.13 bits per heavy atom. The summed E-state index contributed by atoms with van der Waals surface area (Å²) in [6, 6.07) is 14.8. The first-order valence-corrected chi connectivity index (χ1v) is 10.7. The van der Waals surface area contributed by atoms with E-state index in [2.05, 4.69) is 20.4 Å². The summed E-state index contributed by atoms with van der Waals surface area (Å²) in [7, 11) is 0. The molecule has 1 amide bonds. The van der Waals surface area contributed by atoms with E-state index in [1.54, 1.807) is 12.1 Å². The first-order chi connectivity index (χ1) is 15.1. The van der Waals surface area contributed by atoms with Crippen molar-refractivity contribution in [1.29, 1.82) is 0 Å². The van der Waals surface area contributed by atoms with Crippen molar-refractivity contribution in [3.05, 3.63) is 65.0 Å². The maximum Gasteiger partial charge on any atom is 0.228 e. The fraction of sp³-hybridized carbons (Fsp3) is 0.304. The molecular weight excluding hydrogens is 416 g/mol. The number of hydrogen-bond acceptors (Lipinski definition) is 6. The van der Waals surface area contributed by atoms with Crippen molar-refractivity contribution in [3.63, 3.8) is 0 Å². The maximum absolute atomic E-state index is 12.5. The van der Waals surface area contributed by atoms with Gasteiger partial charge in [0, 0.05) is 53.8 Å². The molecule has 160 valence electrons. The van der Waals surface area contributed by atoms with E-state index in [4.69, 9.17) is 16.1 Å². The molecule has 3 aromatic rings. The van der Waals surface area contributed by atoms with Crippen LogP contribution in [0.4, 0.5) is 5.69 Å². The van der Waals surface area contributed by atoms with Gasteiger partial charge < -0.3 is 14.7 Å². The Hall–Kier alpha value is -3.19. The molecule has 1 aliphatic heterocycles. The molecule has 0 bridgehead atoms. The molecule has 7 nitrogen and oxygen atoms in total. The van der Waals surface area contributed by atoms with Gasteiger partial charge in [0.1, 0.15) is 6.29 Å². The van der Waals surface area contributed by atoms with Crippen LogP contribution in [0.1, 0.15) is 29.1 Å². The molecule has 1 fully saturated rings. The van der Waals surface area contributed by atoms with E-state index in [1.165, 1.54) is 0 Å². The summed E-state index contributed by atoms with van der Waals surface area (Å²) in [5, 5.41) is 7.62. The van der Waals surface area contributed by atoms with Crippen LogP contribution in [0.3, 0.4) is 0 Å². The Kier molecular flexibility index (Phi) is 6.62. The van der Waals surface area contributed by atoms with Crippen molar-refractivity contribution in [2.24, 2.45) is 5.92 Å². The highest BCUT2D eigenvalue weighted by Crippen LogP contribution is 2.24. The number of aldehydes is 1. The summed E-state index contributed by atoms with van der Waals surface area (Å²) in [4.78, 5) is 29.9. The number of carbonyl (C=O) groups is 2. The molecule has 2 aromatic carbocycles. The van der Waals surface area contributed by atoms with E-state index in [-0.39, 0.29) is 11.8 Å². The molecule has 0 saturated carbocycles. The number of nitrogens with zero attached hydrogens (tertiary/aromatic N) is 3. The molecule has 0 atom stereocenters. The largest absolute Gasteiger partial charge is 0.371 e. The first kappa shape index (κ1) is 21.1. The Balaban J connectivity index is 1.22. The van der Waals surface area contributed by atoms with Crippen LogP contribution in [0.2, 0.25) is 5.02 Å². The summed E-state index contributed by atoms with van der Waals surface area (Å²) in [6.45, 7) is 2.08. The molecule has 0 spiro atoms. The highest BCUT2D eigenvalue weighted by molar-refractivity contribution is 6.30. The summed E-state index contributed by atoms with van der Waals surface area (Å²) >= 11 is 5.90. The normalized spacial score (nSPS) is 14.4. The summed E-state index contributed by atoms with van der Waals surface area (Å²) < 4.78 is 5.28. The molecule has 1 saturated heterocycles. The lowest BCUT2D eigenvalue weighted by Gasteiger charge is -2.33. The molecule has 1 aromatic heterocycles. The van der Waals surface area contributed by atoms with Crippen molar-refractivity contribution in [1.82, 2.24) is 15.5 Å². The number of amides is 1. The average Bonchev–Trinajstić information content (AvgIpc) is 3.28. The number of nitrogens with one attached hydrogen (secondary N) is 1. The Morgan fingerprint density at radius 3 is 2.52 bits per heavy atom. The number of anilines is 1. The number of hydrogen-bond donors (Lipinski definition) is 1. The van der Waals surface area contributed by atoms with E-state index < -0.39 is 0 Å². The van der Waals surface area contributed by atoms with Crippen LogP contribution >= 0.6 is 11.6 Å². The van der Waals surface area contributed by atoms with E-state index in [9.17, 15) is 9.59 Å². The molecule has 0 unspecified atom stereocenters. The second-order valence-electron chi connectivity index (χ2n) is 7.53. The standard InChI is InChI=1S/C23H23ClN4O3/c24-19-5-3-17(4-6-19)22-26-21(31-27-22)9-12-25-23(30)18-10-13-28(14-11-18)20-7-1-16(15-29)2-8-20/h1-8,15,18H,9-14H2,(H,25,30). The lowest BCUT2D eigenvalue weighted by atomic mass is 9.95. The third-order valence-corrected chi connectivity index (χ3v) is 5.72. The topological polar surface area (TPSA) is 88.3 Å². The minimum Gasteiger partial charge on any atom is -0.371 e. The summed E-state index contributed by atoms with van der Waals surface area (Å²) in [5.41, 5.74) is 2.58. The van der Waals surface area contributed by atoms with Gasteiger partial charge in [-0.15, -0.1) is 0 Å². The quantitative estimate of drug-likeness (QED) is 0.565. The van der Waals surface area contributed by atoms with Gasteiger partial charge in [-0.05, 0) is 61.4 Å². The van der Waals surface area contributed by atoms with Crippen LogP contribution in [0.15, 0.2) is 53.1 Å². The molecule has 2 heterocycles. The smallest absolute Gasteiger partial charge is 0.228 e. The van der Waals surface area contributed by atoms with E-state index in [0.29, 0.717) is 35.3 Å². The van der Waals surface area contributed by atoms with Gasteiger partial charge in [0.15, 0.2) is 0 Å². The van der Waals surface area contributed by atoms with Gasteiger partial charge in [0.05, 0.1) is 0 Å². The SMILES string of the molecule is O=Cc1ccc(N2CCC(C(=O)NCCc3nc(-c4ccc(Cl)cc4)no3)CC2)cc1. The van der Waals surface area contributed by atoms with E-state index in [0.717, 1.165) is 43.5 Å². The fourth-order valence-corrected chi connectivity index (χ4v) is 3.80. The van der Waals surface area contributed by atoms with Crippen LogP contribution in [-0.2, 0) is 11.2 Å². The predicted octanol–water partition coefficient (Wildman–Crippen LogP) is 3.78. The molecule has 8 heteroatoms. The molecular formula is C23H23ClN4O3. The zero-order chi connectivity index (χ0) is 21.6. The number of halogens is 1. The van der Waals surface area contributed by atoms with Crippen LogP contribution in [0, 0.1) is 5.92 Å². The molecule has 1 aliphatic rings. The van der Waals surface area contributed by atoms with Gasteiger partial charge in [-0.1, -0.05) is 16.8 Å². The summed E-state index contributed by atoms with van der Waals surface area (Å²) in [6.07, 6.45) is 2.91. The van der Waals surface area contributed by atoms with Crippen molar-refractivity contribution >= 4 is 29.5 Å². The van der Waals surface area contributed by atoms with Crippen LogP contribution in [-0.4, -0.2) is 42.0 Å². The first-order valence-electron chi connectivity index (χ1n) is 10.3. The average molecular weight is 439 g/mol. The molecule has 1 N–H and O–H groups in total. The number of benzene rings is 2. The minimum atomic E-state index is -0.00203. The second-order valence-corrected chi connectivity index (χ2v) is 7.97. The van der Waals surface area contributed by atoms with Gasteiger partial charge in [-0.2, -0.15) is 4.98 Å². The summed E-state index contributed by atoms with van der Waals surface area (Å²) in [5.74, 6) is 1.05. The maximum atomic E-state index is 12.5. The highest BCUT2D eigenvalue weighted by Gasteiger charge is 2.25. The number of piperidine rings is 1. The zero-order valence-electron chi connectivity index (χ0n) is 17.0. The number of rotatable bonds is 7. The van der Waals surface area contributed by atoms with Crippen molar-refractivity contribution < 1.29 is 14.1 Å². The number of carbonyl (C=O) groups excluding carboxylic acids is 2. The monoisotopic (exact) mass is 438 g/mol. The molecule has 31 heavy (non-hydrogen) atoms.